The fraction of sp³-hybridized carbons (Fsp3) is 0.812. The standard InChI is InChI=1S/C16H24N2O/c1-10-12(19-18-13(10)17)16-6-11-4-14(2,8-16)7-15(3,5-11)9-16/h11H,4-9H2,1-3H3,(H2,17,18). The highest BCUT2D eigenvalue weighted by Gasteiger charge is 2.62. The van der Waals surface area contributed by atoms with E-state index in [9.17, 15) is 0 Å². The molecule has 3 nitrogen and oxygen atoms in total. The molecule has 4 aliphatic carbocycles. The van der Waals surface area contributed by atoms with Crippen molar-refractivity contribution < 1.29 is 4.52 Å². The van der Waals surface area contributed by atoms with E-state index in [1.165, 1.54) is 38.5 Å². The molecule has 5 rings (SSSR count). The van der Waals surface area contributed by atoms with Crippen LogP contribution in [0.2, 0.25) is 0 Å². The van der Waals surface area contributed by atoms with Gasteiger partial charge in [-0.1, -0.05) is 19.0 Å². The van der Waals surface area contributed by atoms with Crippen LogP contribution in [0, 0.1) is 23.7 Å². The molecule has 19 heavy (non-hydrogen) atoms. The van der Waals surface area contributed by atoms with Crippen molar-refractivity contribution in [1.82, 2.24) is 5.16 Å². The third-order valence-electron chi connectivity index (χ3n) is 6.07. The van der Waals surface area contributed by atoms with Gasteiger partial charge in [-0.05, 0) is 62.2 Å². The van der Waals surface area contributed by atoms with E-state index < -0.39 is 0 Å². The minimum absolute atomic E-state index is 0.220. The summed E-state index contributed by atoms with van der Waals surface area (Å²) in [7, 11) is 0. The number of aromatic nitrogens is 1. The Morgan fingerprint density at radius 2 is 1.74 bits per heavy atom. The first kappa shape index (κ1) is 11.8. The van der Waals surface area contributed by atoms with Gasteiger partial charge in [0.25, 0.3) is 0 Å². The molecule has 1 heterocycles. The molecular weight excluding hydrogens is 236 g/mol. The van der Waals surface area contributed by atoms with Gasteiger partial charge in [0.2, 0.25) is 0 Å². The normalized spacial score (nSPS) is 47.8. The summed E-state index contributed by atoms with van der Waals surface area (Å²) in [6, 6.07) is 0. The van der Waals surface area contributed by atoms with Crippen LogP contribution in [0.15, 0.2) is 4.52 Å². The Morgan fingerprint density at radius 1 is 1.11 bits per heavy atom. The van der Waals surface area contributed by atoms with Gasteiger partial charge in [0.05, 0.1) is 0 Å². The maximum absolute atomic E-state index is 5.92. The van der Waals surface area contributed by atoms with Crippen molar-refractivity contribution >= 4 is 5.82 Å². The van der Waals surface area contributed by atoms with E-state index in [1.54, 1.807) is 0 Å². The number of hydrogen-bond donors (Lipinski definition) is 1. The van der Waals surface area contributed by atoms with Gasteiger partial charge >= 0.3 is 0 Å². The van der Waals surface area contributed by atoms with Crippen molar-refractivity contribution in [3.05, 3.63) is 11.3 Å². The second-order valence-electron chi connectivity index (χ2n) is 8.43. The van der Waals surface area contributed by atoms with Crippen LogP contribution in [0.4, 0.5) is 5.82 Å². The van der Waals surface area contributed by atoms with Crippen LogP contribution in [-0.2, 0) is 5.41 Å². The maximum Gasteiger partial charge on any atom is 0.170 e. The summed E-state index contributed by atoms with van der Waals surface area (Å²) in [6.45, 7) is 7.05. The topological polar surface area (TPSA) is 52.0 Å². The van der Waals surface area contributed by atoms with E-state index in [-0.39, 0.29) is 5.41 Å². The van der Waals surface area contributed by atoms with Gasteiger partial charge in [-0.2, -0.15) is 0 Å². The zero-order valence-corrected chi connectivity index (χ0v) is 12.3. The largest absolute Gasteiger partial charge is 0.381 e. The number of rotatable bonds is 1. The van der Waals surface area contributed by atoms with Crippen LogP contribution in [0.5, 0.6) is 0 Å². The number of nitrogen functional groups attached to an aromatic ring is 1. The molecule has 4 bridgehead atoms. The molecule has 4 fully saturated rings. The Hall–Kier alpha value is -0.990. The fourth-order valence-corrected chi connectivity index (χ4v) is 6.54. The first-order chi connectivity index (χ1) is 8.83. The number of nitrogens with zero attached hydrogens (tertiary/aromatic N) is 1. The third-order valence-corrected chi connectivity index (χ3v) is 6.07. The lowest BCUT2D eigenvalue weighted by molar-refractivity contribution is -0.117. The van der Waals surface area contributed by atoms with Crippen molar-refractivity contribution in [3.8, 4) is 0 Å². The highest BCUT2D eigenvalue weighted by Crippen LogP contribution is 2.70. The van der Waals surface area contributed by atoms with Gasteiger partial charge in [0, 0.05) is 11.0 Å². The average molecular weight is 260 g/mol. The molecule has 104 valence electrons. The van der Waals surface area contributed by atoms with Gasteiger partial charge in [-0.3, -0.25) is 0 Å². The van der Waals surface area contributed by atoms with Gasteiger partial charge in [-0.25, -0.2) is 0 Å². The smallest absolute Gasteiger partial charge is 0.170 e. The number of anilines is 1. The third kappa shape index (κ3) is 1.47. The second-order valence-corrected chi connectivity index (χ2v) is 8.43. The molecular formula is C16H24N2O. The minimum atomic E-state index is 0.220. The lowest BCUT2D eigenvalue weighted by Gasteiger charge is -2.64. The van der Waals surface area contributed by atoms with E-state index >= 15 is 0 Å². The fourth-order valence-electron chi connectivity index (χ4n) is 6.54. The number of nitrogens with two attached hydrogens (primary N) is 1. The van der Waals surface area contributed by atoms with Crippen molar-refractivity contribution in [2.75, 3.05) is 5.73 Å². The molecule has 0 spiro atoms. The van der Waals surface area contributed by atoms with Crippen molar-refractivity contribution in [2.24, 2.45) is 16.7 Å². The van der Waals surface area contributed by atoms with Crippen LogP contribution >= 0.6 is 0 Å². The molecule has 0 radical (unpaired) electrons. The lowest BCUT2D eigenvalue weighted by Crippen LogP contribution is -2.56. The molecule has 4 aliphatic rings. The van der Waals surface area contributed by atoms with Gasteiger partial charge in [-0.15, -0.1) is 0 Å². The molecule has 1 aromatic rings. The van der Waals surface area contributed by atoms with E-state index in [2.05, 4.69) is 25.9 Å². The van der Waals surface area contributed by atoms with Gasteiger partial charge in [0.1, 0.15) is 5.76 Å². The zero-order valence-electron chi connectivity index (χ0n) is 12.3. The Morgan fingerprint density at radius 3 is 2.21 bits per heavy atom. The highest BCUT2D eigenvalue weighted by molar-refractivity contribution is 5.43. The second kappa shape index (κ2) is 3.18. The van der Waals surface area contributed by atoms with Crippen LogP contribution in [0.1, 0.15) is 63.7 Å². The van der Waals surface area contributed by atoms with Crippen LogP contribution < -0.4 is 5.73 Å². The predicted molar refractivity (Wildman–Crippen MR) is 74.7 cm³/mol. The predicted octanol–water partition coefficient (Wildman–Crippen LogP) is 3.81. The summed E-state index contributed by atoms with van der Waals surface area (Å²) in [4.78, 5) is 0. The Labute approximate surface area is 114 Å². The van der Waals surface area contributed by atoms with Gasteiger partial charge in [0.15, 0.2) is 5.82 Å². The summed E-state index contributed by atoms with van der Waals surface area (Å²) in [5.74, 6) is 2.56. The lowest BCUT2D eigenvalue weighted by atomic mass is 9.40. The maximum atomic E-state index is 5.92. The average Bonchev–Trinajstić information content (AvgIpc) is 2.54. The monoisotopic (exact) mass is 260 g/mol. The van der Waals surface area contributed by atoms with Crippen molar-refractivity contribution in [2.45, 2.75) is 64.7 Å². The molecule has 2 N–H and O–H groups in total. The van der Waals surface area contributed by atoms with Crippen molar-refractivity contribution in [1.29, 1.82) is 0 Å². The quantitative estimate of drug-likeness (QED) is 0.835. The highest BCUT2D eigenvalue weighted by atomic mass is 16.5. The molecule has 2 atom stereocenters. The summed E-state index contributed by atoms with van der Waals surface area (Å²) >= 11 is 0. The molecule has 0 amide bonds. The van der Waals surface area contributed by atoms with Crippen LogP contribution in [-0.4, -0.2) is 5.16 Å². The molecule has 1 aromatic heterocycles. The molecule has 3 heteroatoms. The molecule has 4 saturated carbocycles. The molecule has 0 aromatic carbocycles. The van der Waals surface area contributed by atoms with E-state index in [4.69, 9.17) is 10.3 Å². The van der Waals surface area contributed by atoms with Gasteiger partial charge < -0.3 is 10.3 Å². The summed E-state index contributed by atoms with van der Waals surface area (Å²) in [5.41, 5.74) is 8.24. The SMILES string of the molecule is Cc1c(N)noc1C12CC3CC(C)(CC(C)(C3)C1)C2. The molecule has 0 saturated heterocycles. The molecule has 0 aliphatic heterocycles. The summed E-state index contributed by atoms with van der Waals surface area (Å²) < 4.78 is 5.69. The zero-order chi connectivity index (χ0) is 13.5. The Balaban J connectivity index is 1.85. The van der Waals surface area contributed by atoms with Crippen LogP contribution in [0.3, 0.4) is 0 Å². The Bertz CT molecular complexity index is 529. The summed E-state index contributed by atoms with van der Waals surface area (Å²) in [5, 5.41) is 4.02. The van der Waals surface area contributed by atoms with E-state index in [0.717, 1.165) is 17.2 Å². The van der Waals surface area contributed by atoms with Crippen molar-refractivity contribution in [3.63, 3.8) is 0 Å². The molecule has 2 unspecified atom stereocenters. The minimum Gasteiger partial charge on any atom is -0.381 e. The number of hydrogen-bond acceptors (Lipinski definition) is 3. The van der Waals surface area contributed by atoms with E-state index in [0.29, 0.717) is 16.6 Å². The first-order valence-electron chi connectivity index (χ1n) is 7.56. The first-order valence-corrected chi connectivity index (χ1v) is 7.56. The Kier molecular flexibility index (Phi) is 1.98. The van der Waals surface area contributed by atoms with E-state index in [1.807, 2.05) is 0 Å². The van der Waals surface area contributed by atoms with Crippen LogP contribution in [0.25, 0.3) is 0 Å². The summed E-state index contributed by atoms with van der Waals surface area (Å²) in [6.07, 6.45) is 8.03.